The van der Waals surface area contributed by atoms with Gasteiger partial charge in [0.25, 0.3) is 11.8 Å². The molecular formula is C36H48F2N8O2. The maximum absolute atomic E-state index is 16.4. The highest BCUT2D eigenvalue weighted by atomic mass is 19.1. The van der Waals surface area contributed by atoms with Crippen molar-refractivity contribution in [2.45, 2.75) is 107 Å². The van der Waals surface area contributed by atoms with Gasteiger partial charge in [-0.2, -0.15) is 0 Å². The van der Waals surface area contributed by atoms with Crippen LogP contribution in [-0.4, -0.2) is 86.6 Å². The fourth-order valence-electron chi connectivity index (χ4n) is 8.91. The van der Waals surface area contributed by atoms with Crippen LogP contribution in [0.4, 0.5) is 14.6 Å². The van der Waals surface area contributed by atoms with Gasteiger partial charge in [0, 0.05) is 49.2 Å². The molecule has 6 heterocycles. The summed E-state index contributed by atoms with van der Waals surface area (Å²) >= 11 is 0. The topological polar surface area (TPSA) is 121 Å². The molecule has 1 aromatic carbocycles. The SMILES string of the molecule is Nc1nn2cc(F)cnc2c1C(=O)NC1C(c2ccc(C(=O)N3CCN4CCC3CC4)cc2F)CCNC12CCCCCCCCCC2. The van der Waals surface area contributed by atoms with Gasteiger partial charge < -0.3 is 26.2 Å². The number of halogens is 2. The number of nitrogens with one attached hydrogen (secondary N) is 2. The summed E-state index contributed by atoms with van der Waals surface area (Å²) in [5.41, 5.74) is 6.86. The van der Waals surface area contributed by atoms with Crippen LogP contribution in [0.2, 0.25) is 0 Å². The highest BCUT2D eigenvalue weighted by Gasteiger charge is 2.47. The maximum Gasteiger partial charge on any atom is 0.259 e. The predicted molar refractivity (Wildman–Crippen MR) is 180 cm³/mol. The normalized spacial score (nSPS) is 26.6. The molecule has 1 spiro atoms. The fraction of sp³-hybridized carbons (Fsp3) is 0.611. The summed E-state index contributed by atoms with van der Waals surface area (Å²) < 4.78 is 31.5. The Labute approximate surface area is 280 Å². The largest absolute Gasteiger partial charge is 0.381 e. The molecule has 5 fully saturated rings. The van der Waals surface area contributed by atoms with Gasteiger partial charge in [0.05, 0.1) is 18.4 Å². The molecule has 1 aliphatic carbocycles. The molecule has 2 unspecified atom stereocenters. The molecule has 2 aromatic heterocycles. The van der Waals surface area contributed by atoms with Crippen molar-refractivity contribution in [1.82, 2.24) is 35.0 Å². The smallest absolute Gasteiger partial charge is 0.259 e. The molecule has 12 heteroatoms. The Balaban J connectivity index is 1.22. The number of nitrogens with two attached hydrogens (primary N) is 1. The third-order valence-electron chi connectivity index (χ3n) is 11.5. The summed E-state index contributed by atoms with van der Waals surface area (Å²) in [4.78, 5) is 36.3. The second kappa shape index (κ2) is 14.1. The van der Waals surface area contributed by atoms with E-state index in [0.717, 1.165) is 83.4 Å². The summed E-state index contributed by atoms with van der Waals surface area (Å²) in [5.74, 6) is -1.99. The Morgan fingerprint density at radius 3 is 2.35 bits per heavy atom. The molecule has 48 heavy (non-hydrogen) atoms. The van der Waals surface area contributed by atoms with E-state index in [9.17, 15) is 14.0 Å². The number of nitrogen functional groups attached to an aromatic ring is 1. The van der Waals surface area contributed by atoms with E-state index in [4.69, 9.17) is 5.73 Å². The summed E-state index contributed by atoms with van der Waals surface area (Å²) in [6.07, 6.45) is 15.4. The molecule has 8 rings (SSSR count). The second-order valence-corrected chi connectivity index (χ2v) is 14.4. The zero-order chi connectivity index (χ0) is 33.3. The van der Waals surface area contributed by atoms with Crippen molar-refractivity contribution >= 4 is 23.3 Å². The number of carbonyl (C=O) groups is 2. The molecule has 10 nitrogen and oxygen atoms in total. The van der Waals surface area contributed by atoms with Crippen molar-refractivity contribution in [2.75, 3.05) is 38.5 Å². The van der Waals surface area contributed by atoms with Crippen molar-refractivity contribution in [3.05, 3.63) is 58.9 Å². The van der Waals surface area contributed by atoms with Gasteiger partial charge in [-0.25, -0.2) is 18.3 Å². The van der Waals surface area contributed by atoms with E-state index in [0.29, 0.717) is 30.6 Å². The van der Waals surface area contributed by atoms with E-state index >= 15 is 4.39 Å². The van der Waals surface area contributed by atoms with Gasteiger partial charge in [-0.1, -0.05) is 57.4 Å². The molecule has 258 valence electrons. The molecule has 2 amide bonds. The Bertz CT molecular complexity index is 1630. The minimum Gasteiger partial charge on any atom is -0.381 e. The molecular weight excluding hydrogens is 614 g/mol. The molecule has 3 aromatic rings. The number of hydrogen-bond acceptors (Lipinski definition) is 7. The molecule has 4 N–H and O–H groups in total. The summed E-state index contributed by atoms with van der Waals surface area (Å²) in [7, 11) is 0. The first-order valence-corrected chi connectivity index (χ1v) is 18.0. The number of aromatic nitrogens is 3. The van der Waals surface area contributed by atoms with Gasteiger partial charge in [0.15, 0.2) is 17.3 Å². The maximum atomic E-state index is 16.4. The Kier molecular flexibility index (Phi) is 9.64. The highest BCUT2D eigenvalue weighted by Crippen LogP contribution is 2.41. The first-order valence-electron chi connectivity index (χ1n) is 18.0. The summed E-state index contributed by atoms with van der Waals surface area (Å²) in [5, 5.41) is 11.3. The molecule has 1 saturated carbocycles. The fourth-order valence-corrected chi connectivity index (χ4v) is 8.91. The number of anilines is 1. The lowest BCUT2D eigenvalue weighted by Crippen LogP contribution is -2.66. The standard InChI is InChI=1S/C36H48F2N8O2/c37-25-22-40-33-30(32(39)43-46(33)23-25)34(47)42-31-28(11-16-41-36(31)14-7-5-3-1-2-4-6-8-15-36)27-10-9-24(21-29(27)38)35(48)45-20-19-44-17-12-26(45)13-18-44/h9-10,21-23,26,28,31,41H,1-8,11-20H2,(H2,39,43)(H,42,47). The van der Waals surface area contributed by atoms with E-state index in [2.05, 4.69) is 25.6 Å². The van der Waals surface area contributed by atoms with Gasteiger partial charge >= 0.3 is 0 Å². The van der Waals surface area contributed by atoms with Crippen LogP contribution in [0.1, 0.15) is 116 Å². The van der Waals surface area contributed by atoms with Crippen LogP contribution in [0.3, 0.4) is 0 Å². The van der Waals surface area contributed by atoms with Crippen LogP contribution in [0.15, 0.2) is 30.6 Å². The lowest BCUT2D eigenvalue weighted by molar-refractivity contribution is 0.0684. The van der Waals surface area contributed by atoms with E-state index in [-0.39, 0.29) is 34.9 Å². The van der Waals surface area contributed by atoms with Crippen molar-refractivity contribution in [3.63, 3.8) is 0 Å². The van der Waals surface area contributed by atoms with Crippen LogP contribution in [0, 0.1) is 11.6 Å². The van der Waals surface area contributed by atoms with Gasteiger partial charge in [-0.15, -0.1) is 5.10 Å². The lowest BCUT2D eigenvalue weighted by atomic mass is 9.69. The molecule has 4 saturated heterocycles. The van der Waals surface area contributed by atoms with Crippen molar-refractivity contribution in [2.24, 2.45) is 0 Å². The van der Waals surface area contributed by atoms with Gasteiger partial charge in [0.2, 0.25) is 0 Å². The minimum atomic E-state index is -0.594. The van der Waals surface area contributed by atoms with Crippen molar-refractivity contribution < 1.29 is 18.4 Å². The van der Waals surface area contributed by atoms with Gasteiger partial charge in [-0.3, -0.25) is 9.59 Å². The second-order valence-electron chi connectivity index (χ2n) is 14.4. The van der Waals surface area contributed by atoms with Crippen LogP contribution in [-0.2, 0) is 0 Å². The molecule has 0 radical (unpaired) electrons. The number of piperidine rings is 2. The average molecular weight is 663 g/mol. The number of carbonyl (C=O) groups excluding carboxylic acids is 2. The quantitative estimate of drug-likeness (QED) is 0.358. The van der Waals surface area contributed by atoms with E-state index < -0.39 is 29.1 Å². The van der Waals surface area contributed by atoms with E-state index in [1.165, 1.54) is 36.3 Å². The van der Waals surface area contributed by atoms with Crippen LogP contribution in [0.5, 0.6) is 0 Å². The molecule has 2 atom stereocenters. The van der Waals surface area contributed by atoms with E-state index in [1.54, 1.807) is 12.1 Å². The number of fused-ring (bicyclic) bond motifs is 5. The Morgan fingerprint density at radius 1 is 0.938 bits per heavy atom. The van der Waals surface area contributed by atoms with Crippen LogP contribution >= 0.6 is 0 Å². The minimum absolute atomic E-state index is 0.0460. The van der Waals surface area contributed by atoms with Crippen molar-refractivity contribution in [3.8, 4) is 0 Å². The predicted octanol–water partition coefficient (Wildman–Crippen LogP) is 5.04. The first kappa shape index (κ1) is 32.9. The first-order chi connectivity index (χ1) is 23.3. The third-order valence-corrected chi connectivity index (χ3v) is 11.5. The zero-order valence-electron chi connectivity index (χ0n) is 27.7. The summed E-state index contributed by atoms with van der Waals surface area (Å²) in [6.45, 7) is 4.19. The van der Waals surface area contributed by atoms with Gasteiger partial charge in [0.1, 0.15) is 11.4 Å². The molecule has 4 aliphatic heterocycles. The monoisotopic (exact) mass is 662 g/mol. The lowest BCUT2D eigenvalue weighted by Gasteiger charge is -2.50. The molecule has 5 aliphatic rings. The number of rotatable bonds is 4. The molecule has 2 bridgehead atoms. The third kappa shape index (κ3) is 6.53. The number of amides is 2. The number of benzene rings is 1. The van der Waals surface area contributed by atoms with Gasteiger partial charge in [-0.05, 0) is 56.3 Å². The average Bonchev–Trinajstić information content (AvgIpc) is 3.21. The number of nitrogens with zero attached hydrogens (tertiary/aromatic N) is 5. The summed E-state index contributed by atoms with van der Waals surface area (Å²) in [6, 6.07) is 4.66. The van der Waals surface area contributed by atoms with Crippen molar-refractivity contribution in [1.29, 1.82) is 0 Å². The van der Waals surface area contributed by atoms with Crippen LogP contribution in [0.25, 0.3) is 5.65 Å². The van der Waals surface area contributed by atoms with E-state index in [1.807, 2.05) is 4.90 Å². The Morgan fingerprint density at radius 2 is 1.65 bits per heavy atom. The van der Waals surface area contributed by atoms with Crippen LogP contribution < -0.4 is 16.4 Å². The zero-order valence-corrected chi connectivity index (χ0v) is 27.7. The highest BCUT2D eigenvalue weighted by molar-refractivity contribution is 6.04. The Hall–Kier alpha value is -3.64. The number of hydrogen-bond donors (Lipinski definition) is 3.